The Balaban J connectivity index is 1.54. The molecule has 3 rings (SSSR count). The number of nitrogens with one attached hydrogen (secondary N) is 1. The van der Waals surface area contributed by atoms with Crippen LogP contribution in [0.3, 0.4) is 0 Å². The van der Waals surface area contributed by atoms with Crippen LogP contribution in [0, 0.1) is 5.82 Å². The fourth-order valence-corrected chi connectivity index (χ4v) is 3.90. The Kier molecular flexibility index (Phi) is 6.42. The van der Waals surface area contributed by atoms with Crippen molar-refractivity contribution in [3.8, 4) is 0 Å². The topological polar surface area (TPSA) is 59.3 Å². The molecule has 0 unspecified atom stereocenters. The van der Waals surface area contributed by atoms with Gasteiger partial charge in [0, 0.05) is 22.4 Å². The number of amides is 1. The summed E-state index contributed by atoms with van der Waals surface area (Å²) in [6.45, 7) is 0.258. The highest BCUT2D eigenvalue weighted by Crippen LogP contribution is 2.19. The van der Waals surface area contributed by atoms with Gasteiger partial charge in [-0.1, -0.05) is 41.9 Å². The molecule has 7 heteroatoms. The molecule has 1 N–H and O–H groups in total. The van der Waals surface area contributed by atoms with Crippen LogP contribution in [0.25, 0.3) is 0 Å². The molecular weight excluding hydrogens is 389 g/mol. The minimum atomic E-state index is -1.21. The Bertz CT molecular complexity index is 956. The van der Waals surface area contributed by atoms with E-state index < -0.39 is 10.8 Å². The minimum absolute atomic E-state index is 0.141. The molecule has 0 fully saturated rings. The number of carbonyl (C=O) groups is 1. The molecule has 140 valence electrons. The summed E-state index contributed by atoms with van der Waals surface area (Å²) < 4.78 is 30.7. The third kappa shape index (κ3) is 5.52. The van der Waals surface area contributed by atoms with Crippen molar-refractivity contribution in [1.29, 1.82) is 0 Å². The molecule has 0 saturated heterocycles. The Morgan fingerprint density at radius 2 is 1.78 bits per heavy atom. The summed E-state index contributed by atoms with van der Waals surface area (Å²) in [4.78, 5) is 12.1. The Labute approximate surface area is 163 Å². The monoisotopic (exact) mass is 405 g/mol. The molecule has 27 heavy (non-hydrogen) atoms. The quantitative estimate of drug-likeness (QED) is 0.631. The number of halogens is 2. The van der Waals surface area contributed by atoms with Gasteiger partial charge in [0.05, 0.1) is 11.5 Å². The van der Waals surface area contributed by atoms with E-state index in [1.807, 2.05) is 18.2 Å². The lowest BCUT2D eigenvalue weighted by atomic mass is 10.2. The zero-order chi connectivity index (χ0) is 19.2. The largest absolute Gasteiger partial charge is 0.455 e. The van der Waals surface area contributed by atoms with Crippen LogP contribution in [0.5, 0.6) is 0 Å². The van der Waals surface area contributed by atoms with E-state index in [-0.39, 0.29) is 29.8 Å². The number of benzene rings is 2. The summed E-state index contributed by atoms with van der Waals surface area (Å²) in [5, 5.41) is 3.28. The smallest absolute Gasteiger partial charge is 0.287 e. The summed E-state index contributed by atoms with van der Waals surface area (Å²) in [5.41, 5.74) is 1.58. The van der Waals surface area contributed by atoms with E-state index in [9.17, 15) is 13.4 Å². The predicted molar refractivity (Wildman–Crippen MR) is 103 cm³/mol. The van der Waals surface area contributed by atoms with E-state index in [0.29, 0.717) is 16.5 Å². The van der Waals surface area contributed by atoms with Crippen molar-refractivity contribution >= 4 is 28.3 Å². The van der Waals surface area contributed by atoms with Crippen LogP contribution in [0.1, 0.15) is 27.4 Å². The molecule has 0 bridgehead atoms. The molecule has 0 spiro atoms. The van der Waals surface area contributed by atoms with E-state index >= 15 is 0 Å². The molecule has 0 aliphatic rings. The molecule has 0 saturated carbocycles. The highest BCUT2D eigenvalue weighted by atomic mass is 35.5. The van der Waals surface area contributed by atoms with E-state index in [1.54, 1.807) is 30.3 Å². The average Bonchev–Trinajstić information content (AvgIpc) is 3.11. The standard InChI is InChI=1S/C20H17ClFNO3S/c21-18-4-2-1-3-15(18)12-27(25)13-17-9-10-19(26-17)20(24)23-11-14-5-7-16(22)8-6-14/h1-10H,11-13H2,(H,23,24)/t27-/m0/s1. The number of carbonyl (C=O) groups excluding carboxylic acids is 1. The van der Waals surface area contributed by atoms with Gasteiger partial charge in [-0.3, -0.25) is 9.00 Å². The van der Waals surface area contributed by atoms with Crippen LogP contribution in [-0.4, -0.2) is 10.1 Å². The first kappa shape index (κ1) is 19.3. The first-order valence-corrected chi connectivity index (χ1v) is 10.1. The Morgan fingerprint density at radius 1 is 1.04 bits per heavy atom. The highest BCUT2D eigenvalue weighted by molar-refractivity contribution is 7.83. The van der Waals surface area contributed by atoms with E-state index in [2.05, 4.69) is 5.32 Å². The van der Waals surface area contributed by atoms with Crippen molar-refractivity contribution in [2.75, 3.05) is 0 Å². The van der Waals surface area contributed by atoms with Crippen LogP contribution >= 0.6 is 11.6 Å². The lowest BCUT2D eigenvalue weighted by Crippen LogP contribution is -2.22. The second-order valence-corrected chi connectivity index (χ2v) is 7.76. The van der Waals surface area contributed by atoms with Gasteiger partial charge in [0.1, 0.15) is 11.6 Å². The van der Waals surface area contributed by atoms with Crippen LogP contribution in [-0.2, 0) is 28.9 Å². The molecule has 2 aromatic carbocycles. The molecule has 1 amide bonds. The zero-order valence-corrected chi connectivity index (χ0v) is 15.9. The van der Waals surface area contributed by atoms with Crippen molar-refractivity contribution in [1.82, 2.24) is 5.32 Å². The lowest BCUT2D eigenvalue weighted by Gasteiger charge is -2.04. The van der Waals surface area contributed by atoms with Gasteiger partial charge in [-0.25, -0.2) is 4.39 Å². The summed E-state index contributed by atoms with van der Waals surface area (Å²) in [7, 11) is -1.21. The van der Waals surface area contributed by atoms with Gasteiger partial charge in [0.15, 0.2) is 5.76 Å². The fraction of sp³-hybridized carbons (Fsp3) is 0.150. The molecule has 1 aromatic heterocycles. The van der Waals surface area contributed by atoms with Crippen LogP contribution in [0.2, 0.25) is 5.02 Å². The summed E-state index contributed by atoms with van der Waals surface area (Å²) in [6, 6.07) is 16.3. The van der Waals surface area contributed by atoms with Gasteiger partial charge in [-0.15, -0.1) is 0 Å². The first-order valence-electron chi connectivity index (χ1n) is 8.21. The number of hydrogen-bond donors (Lipinski definition) is 1. The Morgan fingerprint density at radius 3 is 2.52 bits per heavy atom. The van der Waals surface area contributed by atoms with Gasteiger partial charge >= 0.3 is 0 Å². The Hall–Kier alpha value is -2.44. The van der Waals surface area contributed by atoms with Crippen molar-refractivity contribution in [2.24, 2.45) is 0 Å². The maximum absolute atomic E-state index is 12.9. The number of furan rings is 1. The zero-order valence-electron chi connectivity index (χ0n) is 14.3. The van der Waals surface area contributed by atoms with Crippen LogP contribution < -0.4 is 5.32 Å². The lowest BCUT2D eigenvalue weighted by molar-refractivity contribution is 0.0921. The normalized spacial score (nSPS) is 11.9. The molecule has 3 aromatic rings. The van der Waals surface area contributed by atoms with Crippen molar-refractivity contribution < 1.29 is 17.8 Å². The maximum atomic E-state index is 12.9. The van der Waals surface area contributed by atoms with Gasteiger partial charge in [-0.2, -0.15) is 0 Å². The molecule has 0 radical (unpaired) electrons. The third-order valence-corrected chi connectivity index (χ3v) is 5.44. The van der Waals surface area contributed by atoms with Gasteiger partial charge in [-0.05, 0) is 41.5 Å². The van der Waals surface area contributed by atoms with E-state index in [4.69, 9.17) is 16.0 Å². The second-order valence-electron chi connectivity index (χ2n) is 5.90. The van der Waals surface area contributed by atoms with Crippen LogP contribution in [0.15, 0.2) is 65.1 Å². The van der Waals surface area contributed by atoms with Crippen molar-refractivity contribution in [3.05, 3.63) is 94.2 Å². The molecule has 1 atom stereocenters. The van der Waals surface area contributed by atoms with Gasteiger partial charge in [0.25, 0.3) is 5.91 Å². The summed E-state index contributed by atoms with van der Waals surface area (Å²) in [5.74, 6) is 0.394. The number of rotatable bonds is 7. The fourth-order valence-electron chi connectivity index (χ4n) is 2.45. The second kappa shape index (κ2) is 8.97. The number of hydrogen-bond acceptors (Lipinski definition) is 3. The average molecular weight is 406 g/mol. The van der Waals surface area contributed by atoms with E-state index in [0.717, 1.165) is 11.1 Å². The molecule has 4 nitrogen and oxygen atoms in total. The third-order valence-electron chi connectivity index (χ3n) is 3.83. The van der Waals surface area contributed by atoms with Crippen molar-refractivity contribution in [3.63, 3.8) is 0 Å². The van der Waals surface area contributed by atoms with Gasteiger partial charge in [0.2, 0.25) is 0 Å². The molecule has 1 heterocycles. The summed E-state index contributed by atoms with van der Waals surface area (Å²) >= 11 is 6.08. The molecule has 0 aliphatic heterocycles. The predicted octanol–water partition coefficient (Wildman–Crippen LogP) is 4.45. The maximum Gasteiger partial charge on any atom is 0.287 e. The highest BCUT2D eigenvalue weighted by Gasteiger charge is 2.13. The molecule has 0 aliphatic carbocycles. The van der Waals surface area contributed by atoms with E-state index in [1.165, 1.54) is 12.1 Å². The molecular formula is C20H17ClFNO3S. The summed E-state index contributed by atoms with van der Waals surface area (Å²) in [6.07, 6.45) is 0. The SMILES string of the molecule is O=C(NCc1ccc(F)cc1)c1ccc(C[S@@](=O)Cc2ccccc2Cl)o1. The van der Waals surface area contributed by atoms with Crippen molar-refractivity contribution in [2.45, 2.75) is 18.1 Å². The minimum Gasteiger partial charge on any atom is -0.455 e. The first-order chi connectivity index (χ1) is 13.0. The van der Waals surface area contributed by atoms with Gasteiger partial charge < -0.3 is 9.73 Å². The van der Waals surface area contributed by atoms with Crippen LogP contribution in [0.4, 0.5) is 4.39 Å².